The van der Waals surface area contributed by atoms with Crippen molar-refractivity contribution in [3.8, 4) is 0 Å². The number of allylic oxidation sites excluding steroid dienone is 2. The highest BCUT2D eigenvalue weighted by atomic mass is 35.5. The smallest absolute Gasteiger partial charge is 0.348 e. The summed E-state index contributed by atoms with van der Waals surface area (Å²) in [5.74, 6) is -2.65. The molecule has 1 aromatic rings. The van der Waals surface area contributed by atoms with E-state index in [0.29, 0.717) is 11.1 Å². The molecule has 2 N–H and O–H groups in total. The Hall–Kier alpha value is -1.20. The van der Waals surface area contributed by atoms with Crippen LogP contribution in [0.5, 0.6) is 0 Å². The van der Waals surface area contributed by atoms with Crippen LogP contribution in [0.3, 0.4) is 0 Å². The third kappa shape index (κ3) is 5.21. The normalized spacial score (nSPS) is 13.3. The van der Waals surface area contributed by atoms with Gasteiger partial charge in [0.05, 0.1) is 0 Å². The van der Waals surface area contributed by atoms with Crippen molar-refractivity contribution in [2.24, 2.45) is 0 Å². The molecule has 0 aromatic heterocycles. The molecule has 118 valence electrons. The summed E-state index contributed by atoms with van der Waals surface area (Å²) >= 11 is 22.9. The molecule has 1 rings (SSSR count). The third-order valence-electron chi connectivity index (χ3n) is 2.66. The molecule has 8 heteroatoms. The summed E-state index contributed by atoms with van der Waals surface area (Å²) in [6.07, 6.45) is 0.162. The van der Waals surface area contributed by atoms with Crippen LogP contribution in [0.1, 0.15) is 11.1 Å². The fourth-order valence-corrected chi connectivity index (χ4v) is 2.21. The Labute approximate surface area is 146 Å². The Morgan fingerprint density at radius 1 is 0.773 bits per heavy atom. The topological polar surface area (TPSA) is 74.6 Å². The van der Waals surface area contributed by atoms with Crippen LogP contribution in [0.25, 0.3) is 0 Å². The van der Waals surface area contributed by atoms with Gasteiger partial charge in [-0.05, 0) is 11.1 Å². The van der Waals surface area contributed by atoms with Crippen LogP contribution in [0, 0.1) is 0 Å². The zero-order valence-corrected chi connectivity index (χ0v) is 14.0. The molecule has 1 aromatic carbocycles. The van der Waals surface area contributed by atoms with Crippen LogP contribution in [0.4, 0.5) is 0 Å². The molecular formula is C14H10Cl4O4. The van der Waals surface area contributed by atoms with Crippen molar-refractivity contribution < 1.29 is 19.8 Å². The van der Waals surface area contributed by atoms with Gasteiger partial charge in [-0.3, -0.25) is 0 Å². The summed E-state index contributed by atoms with van der Waals surface area (Å²) < 4.78 is 0. The Morgan fingerprint density at radius 2 is 1.09 bits per heavy atom. The van der Waals surface area contributed by atoms with Gasteiger partial charge in [0.15, 0.2) is 0 Å². The predicted molar refractivity (Wildman–Crippen MR) is 86.6 cm³/mol. The van der Waals surface area contributed by atoms with Gasteiger partial charge in [0, 0.05) is 22.9 Å². The minimum Gasteiger partial charge on any atom is -0.477 e. The van der Waals surface area contributed by atoms with Gasteiger partial charge in [0.25, 0.3) is 0 Å². The van der Waals surface area contributed by atoms with Gasteiger partial charge in [0.1, 0.15) is 10.1 Å². The van der Waals surface area contributed by atoms with Crippen LogP contribution in [-0.4, -0.2) is 22.2 Å². The van der Waals surface area contributed by atoms with E-state index in [1.807, 2.05) is 0 Å². The molecule has 0 saturated heterocycles. The van der Waals surface area contributed by atoms with Crippen molar-refractivity contribution >= 4 is 58.3 Å². The van der Waals surface area contributed by atoms with Gasteiger partial charge >= 0.3 is 11.9 Å². The van der Waals surface area contributed by atoms with Gasteiger partial charge in [0.2, 0.25) is 0 Å². The van der Waals surface area contributed by atoms with Gasteiger partial charge in [-0.1, -0.05) is 70.7 Å². The van der Waals surface area contributed by atoms with Crippen molar-refractivity contribution in [3.63, 3.8) is 0 Å². The first-order chi connectivity index (χ1) is 10.2. The van der Waals surface area contributed by atoms with Crippen LogP contribution in [-0.2, 0) is 22.4 Å². The average molecular weight is 384 g/mol. The van der Waals surface area contributed by atoms with E-state index in [2.05, 4.69) is 0 Å². The maximum absolute atomic E-state index is 10.8. The molecule has 0 fully saturated rings. The molecule has 0 amide bonds. The Kier molecular flexibility index (Phi) is 7.23. The number of benzene rings is 1. The van der Waals surface area contributed by atoms with Crippen molar-refractivity contribution in [1.82, 2.24) is 0 Å². The van der Waals surface area contributed by atoms with Gasteiger partial charge < -0.3 is 10.2 Å². The third-order valence-corrected chi connectivity index (χ3v) is 4.28. The molecule has 22 heavy (non-hydrogen) atoms. The molecule has 0 spiro atoms. The number of carboxylic acids is 2. The van der Waals surface area contributed by atoms with Crippen molar-refractivity contribution in [1.29, 1.82) is 0 Å². The zero-order valence-electron chi connectivity index (χ0n) is 10.9. The Morgan fingerprint density at radius 3 is 1.36 bits per heavy atom. The second-order valence-electron chi connectivity index (χ2n) is 4.17. The van der Waals surface area contributed by atoms with Crippen molar-refractivity contribution in [3.05, 3.63) is 55.5 Å². The fraction of sp³-hybridized carbons (Fsp3) is 0.143. The van der Waals surface area contributed by atoms with Gasteiger partial charge in [-0.25, -0.2) is 9.59 Å². The van der Waals surface area contributed by atoms with Crippen LogP contribution in [0.2, 0.25) is 0 Å². The lowest BCUT2D eigenvalue weighted by Gasteiger charge is -2.09. The molecule has 0 bridgehead atoms. The maximum Gasteiger partial charge on any atom is 0.348 e. The second kappa shape index (κ2) is 8.44. The SMILES string of the molecule is O=C(O)C(Cl)=C(Cl)Cc1ccccc1CC(Cl)=C(Cl)C(=O)O. The summed E-state index contributed by atoms with van der Waals surface area (Å²) in [5.41, 5.74) is 1.33. The number of carbonyl (C=O) groups is 2. The predicted octanol–water partition coefficient (Wildman–Crippen LogP) is 4.32. The lowest BCUT2D eigenvalue weighted by molar-refractivity contribution is -0.132. The highest BCUT2D eigenvalue weighted by Crippen LogP contribution is 2.25. The Balaban J connectivity index is 3.11. The second-order valence-corrected chi connectivity index (χ2v) is 5.84. The lowest BCUT2D eigenvalue weighted by Crippen LogP contribution is -2.02. The molecule has 0 aliphatic heterocycles. The van der Waals surface area contributed by atoms with E-state index in [1.54, 1.807) is 24.3 Å². The van der Waals surface area contributed by atoms with Gasteiger partial charge in [-0.15, -0.1) is 0 Å². The van der Waals surface area contributed by atoms with Crippen LogP contribution >= 0.6 is 46.4 Å². The van der Waals surface area contributed by atoms with E-state index in [9.17, 15) is 9.59 Å². The van der Waals surface area contributed by atoms with E-state index >= 15 is 0 Å². The van der Waals surface area contributed by atoms with E-state index in [1.165, 1.54) is 0 Å². The number of aliphatic carboxylic acids is 2. The number of carboxylic acid groups (broad SMARTS) is 2. The maximum atomic E-state index is 10.8. The van der Waals surface area contributed by atoms with E-state index in [4.69, 9.17) is 56.6 Å². The van der Waals surface area contributed by atoms with Gasteiger partial charge in [-0.2, -0.15) is 0 Å². The fourth-order valence-electron chi connectivity index (χ4n) is 1.62. The Bertz CT molecular complexity index is 608. The standard InChI is InChI=1S/C14H10Cl4O4/c15-9(11(17)13(19)20)5-7-3-1-2-4-8(7)6-10(16)12(18)14(21)22/h1-4H,5-6H2,(H,19,20)(H,21,22). The molecular weight excluding hydrogens is 374 g/mol. The van der Waals surface area contributed by atoms with Crippen molar-refractivity contribution in [2.45, 2.75) is 12.8 Å². The first-order valence-electron chi connectivity index (χ1n) is 5.85. The molecule has 0 unspecified atom stereocenters. The van der Waals surface area contributed by atoms with Crippen molar-refractivity contribution in [2.75, 3.05) is 0 Å². The summed E-state index contributed by atoms with van der Waals surface area (Å²) in [6.45, 7) is 0. The summed E-state index contributed by atoms with van der Waals surface area (Å²) in [4.78, 5) is 21.5. The first kappa shape index (κ1) is 18.8. The molecule has 0 radical (unpaired) electrons. The largest absolute Gasteiger partial charge is 0.477 e. The highest BCUT2D eigenvalue weighted by Gasteiger charge is 2.15. The number of hydrogen-bond donors (Lipinski definition) is 2. The highest BCUT2D eigenvalue weighted by molar-refractivity contribution is 6.47. The summed E-state index contributed by atoms with van der Waals surface area (Å²) in [5, 5.41) is 16.6. The first-order valence-corrected chi connectivity index (χ1v) is 7.36. The van der Waals surface area contributed by atoms with E-state index < -0.39 is 22.0 Å². The number of halogens is 4. The summed E-state index contributed by atoms with van der Waals surface area (Å²) in [7, 11) is 0. The van der Waals surface area contributed by atoms with Crippen LogP contribution in [0.15, 0.2) is 44.4 Å². The average Bonchev–Trinajstić information content (AvgIpc) is 2.47. The minimum atomic E-state index is -1.32. The molecule has 0 atom stereocenters. The zero-order chi connectivity index (χ0) is 16.9. The lowest BCUT2D eigenvalue weighted by atomic mass is 10.0. The molecule has 0 aliphatic carbocycles. The van der Waals surface area contributed by atoms with E-state index in [-0.39, 0.29) is 22.9 Å². The monoisotopic (exact) mass is 382 g/mol. The minimum absolute atomic E-state index is 0.0361. The molecule has 4 nitrogen and oxygen atoms in total. The summed E-state index contributed by atoms with van der Waals surface area (Å²) in [6, 6.07) is 6.88. The molecule has 0 aliphatic rings. The molecule has 0 heterocycles. The quantitative estimate of drug-likeness (QED) is 0.717. The molecule has 0 saturated carbocycles. The van der Waals surface area contributed by atoms with E-state index in [0.717, 1.165) is 0 Å². The number of rotatable bonds is 6. The van der Waals surface area contributed by atoms with Crippen LogP contribution < -0.4 is 0 Å². The number of hydrogen-bond acceptors (Lipinski definition) is 2.